The second-order valence-corrected chi connectivity index (χ2v) is 5.95. The number of hydrogen-bond acceptors (Lipinski definition) is 4. The van der Waals surface area contributed by atoms with Gasteiger partial charge in [0.1, 0.15) is 5.69 Å². The number of nitrogens with one attached hydrogen (secondary N) is 1. The highest BCUT2D eigenvalue weighted by molar-refractivity contribution is 6.31. The monoisotopic (exact) mass is 351 g/mol. The fourth-order valence-electron chi connectivity index (χ4n) is 2.20. The van der Waals surface area contributed by atoms with Crippen molar-refractivity contribution in [1.82, 2.24) is 15.0 Å². The molecule has 0 atom stereocenters. The smallest absolute Gasteiger partial charge is 0.105 e. The van der Waals surface area contributed by atoms with E-state index >= 15 is 0 Å². The minimum absolute atomic E-state index is 0.700. The minimum atomic E-state index is 0.700. The third-order valence-electron chi connectivity index (χ3n) is 3.54. The molecular weight excluding hydrogens is 334 g/mol. The van der Waals surface area contributed by atoms with E-state index in [4.69, 9.17) is 11.6 Å². The van der Waals surface area contributed by atoms with Crippen molar-refractivity contribution in [1.29, 1.82) is 0 Å². The van der Waals surface area contributed by atoms with Crippen LogP contribution in [0.15, 0.2) is 65.9 Å². The number of benzene rings is 2. The first kappa shape index (κ1) is 16.9. The van der Waals surface area contributed by atoms with E-state index in [1.165, 1.54) is 5.56 Å². The summed E-state index contributed by atoms with van der Waals surface area (Å²) in [7, 11) is 0. The van der Waals surface area contributed by atoms with Gasteiger partial charge in [-0.1, -0.05) is 53.2 Å². The summed E-state index contributed by atoms with van der Waals surface area (Å²) in [6.07, 6.45) is 7.20. The number of rotatable bonds is 6. The molecule has 0 saturated carbocycles. The van der Waals surface area contributed by atoms with Crippen molar-refractivity contribution in [3.8, 4) is 0 Å². The van der Waals surface area contributed by atoms with Crippen LogP contribution in [0.25, 0.3) is 6.08 Å². The number of anilines is 1. The largest absolute Gasteiger partial charge is 0.278 e. The Morgan fingerprint density at radius 1 is 1.20 bits per heavy atom. The predicted octanol–water partition coefficient (Wildman–Crippen LogP) is 4.40. The number of aromatic nitrogens is 3. The van der Waals surface area contributed by atoms with Gasteiger partial charge in [0, 0.05) is 11.2 Å². The summed E-state index contributed by atoms with van der Waals surface area (Å²) in [5.41, 5.74) is 6.77. The Labute approximate surface area is 151 Å². The van der Waals surface area contributed by atoms with Crippen molar-refractivity contribution >= 4 is 29.6 Å². The molecule has 0 aliphatic rings. The van der Waals surface area contributed by atoms with Crippen LogP contribution in [0.2, 0.25) is 5.02 Å². The standard InChI is InChI=1S/C19H18ClN5/c1-15-9-10-17(12-19(15)20)22-21-11-5-8-18-14-25(24-23-18)13-16-6-3-2-4-7-16/h2-12,14,22H,13H2,1H3/b8-5+,21-11-. The lowest BCUT2D eigenvalue weighted by atomic mass is 10.2. The summed E-state index contributed by atoms with van der Waals surface area (Å²) < 4.78 is 1.80. The van der Waals surface area contributed by atoms with Gasteiger partial charge in [0.15, 0.2) is 0 Å². The highest BCUT2D eigenvalue weighted by Gasteiger charge is 1.98. The first-order chi connectivity index (χ1) is 12.2. The molecule has 5 nitrogen and oxygen atoms in total. The van der Waals surface area contributed by atoms with Crippen LogP contribution in [0.4, 0.5) is 5.69 Å². The van der Waals surface area contributed by atoms with Crippen molar-refractivity contribution in [2.24, 2.45) is 5.10 Å². The zero-order valence-electron chi connectivity index (χ0n) is 13.8. The molecule has 3 aromatic rings. The lowest BCUT2D eigenvalue weighted by molar-refractivity contribution is 0.649. The molecule has 0 spiro atoms. The van der Waals surface area contributed by atoms with Crippen LogP contribution in [0, 0.1) is 6.92 Å². The number of halogens is 1. The Balaban J connectivity index is 1.53. The summed E-state index contributed by atoms with van der Waals surface area (Å²) in [5.74, 6) is 0. The number of nitrogens with zero attached hydrogens (tertiary/aromatic N) is 4. The molecule has 0 aliphatic heterocycles. The first-order valence-electron chi connectivity index (χ1n) is 7.87. The lowest BCUT2D eigenvalue weighted by Gasteiger charge is -2.02. The Kier molecular flexibility index (Phi) is 5.59. The second-order valence-electron chi connectivity index (χ2n) is 5.54. The maximum Gasteiger partial charge on any atom is 0.105 e. The molecule has 2 aromatic carbocycles. The summed E-state index contributed by atoms with van der Waals surface area (Å²) in [6, 6.07) is 15.9. The van der Waals surface area contributed by atoms with Gasteiger partial charge >= 0.3 is 0 Å². The van der Waals surface area contributed by atoms with Gasteiger partial charge in [-0.25, -0.2) is 4.68 Å². The SMILES string of the molecule is Cc1ccc(N/N=C\C=C\c2cn(Cc3ccccc3)nn2)cc1Cl. The maximum atomic E-state index is 6.07. The van der Waals surface area contributed by atoms with Crippen molar-refractivity contribution in [3.05, 3.63) is 82.6 Å². The molecule has 6 heteroatoms. The quantitative estimate of drug-likeness (QED) is 0.529. The van der Waals surface area contributed by atoms with Gasteiger partial charge in [0.25, 0.3) is 0 Å². The van der Waals surface area contributed by atoms with Gasteiger partial charge in [-0.2, -0.15) is 5.10 Å². The van der Waals surface area contributed by atoms with Gasteiger partial charge in [-0.3, -0.25) is 5.43 Å². The van der Waals surface area contributed by atoms with Crippen molar-refractivity contribution < 1.29 is 0 Å². The molecule has 0 amide bonds. The fraction of sp³-hybridized carbons (Fsp3) is 0.105. The van der Waals surface area contributed by atoms with Crippen molar-refractivity contribution in [2.75, 3.05) is 5.43 Å². The summed E-state index contributed by atoms with van der Waals surface area (Å²) in [5, 5.41) is 13.1. The van der Waals surface area contributed by atoms with Crippen molar-refractivity contribution in [2.45, 2.75) is 13.5 Å². The molecule has 0 saturated heterocycles. The normalized spacial score (nSPS) is 11.4. The van der Waals surface area contributed by atoms with E-state index in [0.717, 1.165) is 16.9 Å². The third-order valence-corrected chi connectivity index (χ3v) is 3.94. The first-order valence-corrected chi connectivity index (χ1v) is 8.24. The number of hydrazone groups is 1. The van der Waals surface area contributed by atoms with Crippen LogP contribution in [-0.2, 0) is 6.54 Å². The van der Waals surface area contributed by atoms with E-state index in [9.17, 15) is 0 Å². The molecular formula is C19H18ClN5. The number of hydrogen-bond donors (Lipinski definition) is 1. The van der Waals surface area contributed by atoms with E-state index in [1.54, 1.807) is 17.0 Å². The molecule has 3 rings (SSSR count). The Hall–Kier alpha value is -2.92. The summed E-state index contributed by atoms with van der Waals surface area (Å²) >= 11 is 6.07. The fourth-order valence-corrected chi connectivity index (χ4v) is 2.38. The van der Waals surface area contributed by atoms with Gasteiger partial charge in [0.05, 0.1) is 18.4 Å². The van der Waals surface area contributed by atoms with Crippen LogP contribution in [-0.4, -0.2) is 21.2 Å². The molecule has 1 N–H and O–H groups in total. The van der Waals surface area contributed by atoms with E-state index in [1.807, 2.05) is 55.6 Å². The van der Waals surface area contributed by atoms with E-state index < -0.39 is 0 Å². The van der Waals surface area contributed by atoms with E-state index in [2.05, 4.69) is 33.0 Å². The molecule has 1 heterocycles. The molecule has 0 bridgehead atoms. The topological polar surface area (TPSA) is 55.1 Å². The third kappa shape index (κ3) is 5.02. The second kappa shape index (κ2) is 8.26. The zero-order valence-corrected chi connectivity index (χ0v) is 14.6. The van der Waals surface area contributed by atoms with Crippen LogP contribution < -0.4 is 5.43 Å². The average Bonchev–Trinajstić information content (AvgIpc) is 3.06. The van der Waals surface area contributed by atoms with Crippen LogP contribution in [0.1, 0.15) is 16.8 Å². The van der Waals surface area contributed by atoms with Gasteiger partial charge in [0.2, 0.25) is 0 Å². The Morgan fingerprint density at radius 3 is 2.84 bits per heavy atom. The highest BCUT2D eigenvalue weighted by atomic mass is 35.5. The molecule has 0 radical (unpaired) electrons. The van der Waals surface area contributed by atoms with Crippen LogP contribution in [0.5, 0.6) is 0 Å². The summed E-state index contributed by atoms with van der Waals surface area (Å²) in [4.78, 5) is 0. The van der Waals surface area contributed by atoms with Crippen LogP contribution >= 0.6 is 11.6 Å². The number of aryl methyl sites for hydroxylation is 1. The highest BCUT2D eigenvalue weighted by Crippen LogP contribution is 2.19. The lowest BCUT2D eigenvalue weighted by Crippen LogP contribution is -1.99. The molecule has 1 aromatic heterocycles. The average molecular weight is 352 g/mol. The van der Waals surface area contributed by atoms with Gasteiger partial charge < -0.3 is 0 Å². The minimum Gasteiger partial charge on any atom is -0.278 e. The molecule has 0 fully saturated rings. The summed E-state index contributed by atoms with van der Waals surface area (Å²) in [6.45, 7) is 2.66. The van der Waals surface area contributed by atoms with Crippen molar-refractivity contribution in [3.63, 3.8) is 0 Å². The van der Waals surface area contributed by atoms with Crippen LogP contribution in [0.3, 0.4) is 0 Å². The predicted molar refractivity (Wildman–Crippen MR) is 103 cm³/mol. The molecule has 25 heavy (non-hydrogen) atoms. The van der Waals surface area contributed by atoms with Gasteiger partial charge in [-0.05, 0) is 42.3 Å². The molecule has 126 valence electrons. The van der Waals surface area contributed by atoms with E-state index in [0.29, 0.717) is 11.6 Å². The van der Waals surface area contributed by atoms with E-state index in [-0.39, 0.29) is 0 Å². The number of allylic oxidation sites excluding steroid dienone is 1. The molecule has 0 aliphatic carbocycles. The molecule has 0 unspecified atom stereocenters. The Morgan fingerprint density at radius 2 is 2.04 bits per heavy atom. The zero-order chi connectivity index (χ0) is 17.5. The maximum absolute atomic E-state index is 6.07. The Bertz CT molecular complexity index is 884. The van der Waals surface area contributed by atoms with Gasteiger partial charge in [-0.15, -0.1) is 5.10 Å².